The number of aromatic nitrogens is 2. The van der Waals surface area contributed by atoms with Gasteiger partial charge in [0.1, 0.15) is 11.8 Å². The minimum Gasteiger partial charge on any atom is -0.467 e. The van der Waals surface area contributed by atoms with Crippen LogP contribution in [0.4, 0.5) is 0 Å². The van der Waals surface area contributed by atoms with E-state index in [1.54, 1.807) is 13.4 Å². The van der Waals surface area contributed by atoms with Crippen LogP contribution in [-0.4, -0.2) is 30.0 Å². The number of ether oxygens (including phenoxy) is 1. The topological polar surface area (TPSA) is 52.2 Å². The van der Waals surface area contributed by atoms with Crippen LogP contribution in [0.3, 0.4) is 0 Å². The van der Waals surface area contributed by atoms with Gasteiger partial charge in [-0.3, -0.25) is 4.68 Å². The molecule has 0 bridgehead atoms. The molecule has 2 rings (SSSR count). The number of nitrogens with zero attached hydrogens (tertiary/aromatic N) is 2. The van der Waals surface area contributed by atoms with Gasteiger partial charge in [-0.15, -0.1) is 0 Å². The Morgan fingerprint density at radius 3 is 2.95 bits per heavy atom. The van der Waals surface area contributed by atoms with E-state index in [1.807, 2.05) is 16.9 Å². The Morgan fingerprint density at radius 2 is 2.33 bits per heavy atom. The molecule has 1 unspecified atom stereocenters. The van der Waals surface area contributed by atoms with Crippen LogP contribution in [0.15, 0.2) is 27.4 Å². The minimum absolute atomic E-state index is 0.0197. The largest absolute Gasteiger partial charge is 0.467 e. The van der Waals surface area contributed by atoms with Crippen molar-refractivity contribution in [2.24, 2.45) is 0 Å². The van der Waals surface area contributed by atoms with Gasteiger partial charge in [0.25, 0.3) is 0 Å². The van der Waals surface area contributed by atoms with Crippen molar-refractivity contribution in [2.75, 3.05) is 20.3 Å². The first kappa shape index (κ1) is 16.3. The van der Waals surface area contributed by atoms with Gasteiger partial charge in [0.05, 0.1) is 35.8 Å². The molecular formula is C15H22BrN3O2. The summed E-state index contributed by atoms with van der Waals surface area (Å²) in [5, 5.41) is 7.98. The van der Waals surface area contributed by atoms with E-state index in [1.165, 1.54) is 0 Å². The summed E-state index contributed by atoms with van der Waals surface area (Å²) in [6.45, 7) is 6.45. The van der Waals surface area contributed by atoms with Crippen LogP contribution >= 0.6 is 15.9 Å². The fraction of sp³-hybridized carbons (Fsp3) is 0.533. The van der Waals surface area contributed by atoms with Crippen molar-refractivity contribution >= 4 is 15.9 Å². The molecule has 2 aromatic heterocycles. The normalized spacial score (nSPS) is 12.8. The maximum atomic E-state index is 5.71. The molecule has 0 aliphatic carbocycles. The van der Waals surface area contributed by atoms with Gasteiger partial charge in [0.15, 0.2) is 0 Å². The molecule has 21 heavy (non-hydrogen) atoms. The lowest BCUT2D eigenvalue weighted by molar-refractivity contribution is 0.181. The monoisotopic (exact) mass is 355 g/mol. The van der Waals surface area contributed by atoms with E-state index in [4.69, 9.17) is 9.15 Å². The second-order valence-electron chi connectivity index (χ2n) is 4.95. The first-order valence-corrected chi connectivity index (χ1v) is 7.95. The van der Waals surface area contributed by atoms with Crippen LogP contribution in [0.1, 0.15) is 36.4 Å². The van der Waals surface area contributed by atoms with Crippen LogP contribution < -0.4 is 5.32 Å². The molecular weight excluding hydrogens is 334 g/mol. The summed E-state index contributed by atoms with van der Waals surface area (Å²) in [4.78, 5) is 0. The third-order valence-electron chi connectivity index (χ3n) is 3.38. The van der Waals surface area contributed by atoms with E-state index in [0.717, 1.165) is 34.5 Å². The third kappa shape index (κ3) is 3.75. The van der Waals surface area contributed by atoms with Crippen LogP contribution in [0.5, 0.6) is 0 Å². The lowest BCUT2D eigenvalue weighted by Gasteiger charge is -2.19. The van der Waals surface area contributed by atoms with Gasteiger partial charge < -0.3 is 14.5 Å². The summed E-state index contributed by atoms with van der Waals surface area (Å²) in [6, 6.07) is 1.97. The number of nitrogens with one attached hydrogen (secondary N) is 1. The van der Waals surface area contributed by atoms with Crippen LogP contribution in [0, 0.1) is 6.92 Å². The van der Waals surface area contributed by atoms with Crippen molar-refractivity contribution in [2.45, 2.75) is 32.9 Å². The quantitative estimate of drug-likeness (QED) is 0.789. The van der Waals surface area contributed by atoms with Crippen LogP contribution in [-0.2, 0) is 11.3 Å². The molecule has 0 spiro atoms. The van der Waals surface area contributed by atoms with Gasteiger partial charge >= 0.3 is 0 Å². The summed E-state index contributed by atoms with van der Waals surface area (Å²) in [7, 11) is 1.70. The molecule has 0 amide bonds. The molecule has 2 heterocycles. The molecule has 1 N–H and O–H groups in total. The van der Waals surface area contributed by atoms with Gasteiger partial charge in [-0.1, -0.05) is 6.92 Å². The smallest absolute Gasteiger partial charge is 0.129 e. The molecule has 2 aromatic rings. The molecule has 0 saturated heterocycles. The highest BCUT2D eigenvalue weighted by Gasteiger charge is 2.25. The molecule has 116 valence electrons. The van der Waals surface area contributed by atoms with Gasteiger partial charge in [-0.05, 0) is 47.4 Å². The van der Waals surface area contributed by atoms with Gasteiger partial charge in [0.2, 0.25) is 0 Å². The maximum absolute atomic E-state index is 5.71. The number of furan rings is 1. The van der Waals surface area contributed by atoms with E-state index >= 15 is 0 Å². The Hall–Kier alpha value is -1.11. The Kier molecular flexibility index (Phi) is 6.02. The minimum atomic E-state index is -0.0197. The number of hydrogen-bond acceptors (Lipinski definition) is 4. The number of aryl methyl sites for hydroxylation is 1. The van der Waals surface area contributed by atoms with Gasteiger partial charge in [-0.2, -0.15) is 5.10 Å². The summed E-state index contributed by atoms with van der Waals surface area (Å²) >= 11 is 3.61. The lowest BCUT2D eigenvalue weighted by Crippen LogP contribution is -2.27. The van der Waals surface area contributed by atoms with Gasteiger partial charge in [-0.25, -0.2) is 0 Å². The Bertz CT molecular complexity index is 565. The maximum Gasteiger partial charge on any atom is 0.129 e. The Morgan fingerprint density at radius 1 is 1.52 bits per heavy atom. The standard InChI is InChI=1S/C15H22BrN3O2/c1-4-6-17-13(15-11(2)5-8-21-15)14-12(16)10-18-19(14)7-9-20-3/h5,8,10,13,17H,4,6-7,9H2,1-3H3. The predicted molar refractivity (Wildman–Crippen MR) is 85.4 cm³/mol. The van der Waals surface area contributed by atoms with E-state index in [0.29, 0.717) is 13.2 Å². The third-order valence-corrected chi connectivity index (χ3v) is 3.99. The Labute approximate surface area is 133 Å². The van der Waals surface area contributed by atoms with Crippen molar-refractivity contribution in [1.29, 1.82) is 0 Å². The molecule has 0 aliphatic heterocycles. The van der Waals surface area contributed by atoms with Crippen LogP contribution in [0.2, 0.25) is 0 Å². The van der Waals surface area contributed by atoms with E-state index in [2.05, 4.69) is 40.2 Å². The molecule has 0 aromatic carbocycles. The summed E-state index contributed by atoms with van der Waals surface area (Å²) in [6.07, 6.45) is 4.61. The van der Waals surface area contributed by atoms with E-state index in [-0.39, 0.29) is 6.04 Å². The number of hydrogen-bond donors (Lipinski definition) is 1. The fourth-order valence-electron chi connectivity index (χ4n) is 2.30. The molecule has 0 fully saturated rings. The average Bonchev–Trinajstić information content (AvgIpc) is 3.05. The van der Waals surface area contributed by atoms with Crippen molar-refractivity contribution in [3.63, 3.8) is 0 Å². The van der Waals surface area contributed by atoms with Gasteiger partial charge in [0, 0.05) is 7.11 Å². The Balaban J connectivity index is 2.36. The van der Waals surface area contributed by atoms with E-state index < -0.39 is 0 Å². The summed E-state index contributed by atoms with van der Waals surface area (Å²) < 4.78 is 13.8. The second kappa shape index (κ2) is 7.77. The number of halogens is 1. The fourth-order valence-corrected chi connectivity index (χ4v) is 2.82. The van der Waals surface area contributed by atoms with Crippen molar-refractivity contribution < 1.29 is 9.15 Å². The van der Waals surface area contributed by atoms with Crippen molar-refractivity contribution in [1.82, 2.24) is 15.1 Å². The highest BCUT2D eigenvalue weighted by molar-refractivity contribution is 9.10. The van der Waals surface area contributed by atoms with Crippen LogP contribution in [0.25, 0.3) is 0 Å². The molecule has 0 radical (unpaired) electrons. The molecule has 1 atom stereocenters. The zero-order valence-corrected chi connectivity index (χ0v) is 14.3. The first-order valence-electron chi connectivity index (χ1n) is 7.16. The molecule has 0 saturated carbocycles. The zero-order valence-electron chi connectivity index (χ0n) is 12.7. The second-order valence-corrected chi connectivity index (χ2v) is 5.80. The number of methoxy groups -OCH3 is 1. The highest BCUT2D eigenvalue weighted by atomic mass is 79.9. The summed E-state index contributed by atoms with van der Waals surface area (Å²) in [5.74, 6) is 0.934. The lowest BCUT2D eigenvalue weighted by atomic mass is 10.1. The van der Waals surface area contributed by atoms with E-state index in [9.17, 15) is 0 Å². The summed E-state index contributed by atoms with van der Waals surface area (Å²) in [5.41, 5.74) is 2.20. The SMILES string of the molecule is CCCNC(c1occc1C)c1c(Br)cnn1CCOC. The predicted octanol–water partition coefficient (Wildman–Crippen LogP) is 3.28. The molecule has 5 nitrogen and oxygen atoms in total. The molecule has 0 aliphatic rings. The average molecular weight is 356 g/mol. The number of rotatable bonds is 8. The van der Waals surface area contributed by atoms with Crippen molar-refractivity contribution in [3.8, 4) is 0 Å². The zero-order chi connectivity index (χ0) is 15.2. The molecule has 6 heteroatoms. The first-order chi connectivity index (χ1) is 10.2. The van der Waals surface area contributed by atoms with Crippen molar-refractivity contribution in [3.05, 3.63) is 40.0 Å². The highest BCUT2D eigenvalue weighted by Crippen LogP contribution is 2.31.